The van der Waals surface area contributed by atoms with Gasteiger partial charge in [0.2, 0.25) is 0 Å². The number of anilines is 1. The summed E-state index contributed by atoms with van der Waals surface area (Å²) in [7, 11) is 0. The van der Waals surface area contributed by atoms with Crippen LogP contribution in [-0.4, -0.2) is 54.6 Å². The van der Waals surface area contributed by atoms with Crippen molar-refractivity contribution in [3.05, 3.63) is 24.0 Å². The maximum absolute atomic E-state index is 12.7. The first kappa shape index (κ1) is 16.1. The van der Waals surface area contributed by atoms with Crippen LogP contribution < -0.4 is 10.2 Å². The number of carbonyl (C=O) groups is 1. The van der Waals surface area contributed by atoms with Crippen molar-refractivity contribution in [2.24, 2.45) is 5.92 Å². The maximum atomic E-state index is 12.7. The van der Waals surface area contributed by atoms with Crippen LogP contribution in [0.5, 0.6) is 0 Å². The predicted molar refractivity (Wildman–Crippen MR) is 100 cm³/mol. The molecule has 6 heteroatoms. The van der Waals surface area contributed by atoms with Gasteiger partial charge in [-0.2, -0.15) is 0 Å². The largest absolute Gasteiger partial charge is 0.440 e. The highest BCUT2D eigenvalue weighted by atomic mass is 16.4. The standard InChI is InChI=1S/C20H26N4O2/c25-20(22-17-13-23-8-4-14(17)5-9-23)16-11-18-15(12-21-16)10-19(26-18)24-6-2-1-3-7-24/h10-12,14,17H,1-9,13H2,(H,22,25)/t17-/m0/s1. The molecule has 1 atom stereocenters. The van der Waals surface area contributed by atoms with Crippen molar-refractivity contribution in [3.8, 4) is 0 Å². The van der Waals surface area contributed by atoms with E-state index < -0.39 is 0 Å². The van der Waals surface area contributed by atoms with Gasteiger partial charge in [0.15, 0.2) is 5.88 Å². The molecule has 0 unspecified atom stereocenters. The number of hydrogen-bond acceptors (Lipinski definition) is 5. The number of piperidine rings is 4. The van der Waals surface area contributed by atoms with E-state index in [1.807, 2.05) is 6.07 Å². The molecule has 138 valence electrons. The van der Waals surface area contributed by atoms with Crippen LogP contribution in [0.1, 0.15) is 42.6 Å². The van der Waals surface area contributed by atoms with Gasteiger partial charge in [0, 0.05) is 49.4 Å². The maximum Gasteiger partial charge on any atom is 0.270 e. The van der Waals surface area contributed by atoms with Crippen molar-refractivity contribution >= 4 is 22.8 Å². The van der Waals surface area contributed by atoms with Gasteiger partial charge in [0.25, 0.3) is 5.91 Å². The zero-order chi connectivity index (χ0) is 17.5. The summed E-state index contributed by atoms with van der Waals surface area (Å²) in [4.78, 5) is 21.8. The topological polar surface area (TPSA) is 61.6 Å². The van der Waals surface area contributed by atoms with Gasteiger partial charge in [-0.3, -0.25) is 9.78 Å². The second-order valence-electron chi connectivity index (χ2n) is 7.96. The number of furan rings is 1. The summed E-state index contributed by atoms with van der Waals surface area (Å²) in [6.07, 6.45) is 7.86. The third-order valence-electron chi connectivity index (χ3n) is 6.26. The second kappa shape index (κ2) is 6.58. The third-order valence-corrected chi connectivity index (χ3v) is 6.26. The van der Waals surface area contributed by atoms with E-state index in [1.54, 1.807) is 12.3 Å². The Morgan fingerprint density at radius 3 is 2.65 bits per heavy atom. The monoisotopic (exact) mass is 354 g/mol. The lowest BCUT2D eigenvalue weighted by molar-refractivity contribution is 0.0618. The number of amides is 1. The zero-order valence-corrected chi connectivity index (χ0v) is 15.1. The molecule has 4 aliphatic heterocycles. The average Bonchev–Trinajstić information content (AvgIpc) is 3.13. The van der Waals surface area contributed by atoms with Crippen molar-refractivity contribution < 1.29 is 9.21 Å². The molecule has 0 radical (unpaired) electrons. The first-order valence-corrected chi connectivity index (χ1v) is 9.94. The highest BCUT2D eigenvalue weighted by molar-refractivity contribution is 5.95. The molecule has 4 aliphatic rings. The highest BCUT2D eigenvalue weighted by Crippen LogP contribution is 2.29. The van der Waals surface area contributed by atoms with Crippen LogP contribution in [0.4, 0.5) is 5.88 Å². The Morgan fingerprint density at radius 2 is 1.92 bits per heavy atom. The number of hydrogen-bond donors (Lipinski definition) is 1. The lowest BCUT2D eigenvalue weighted by Crippen LogP contribution is -2.57. The Balaban J connectivity index is 1.33. The molecule has 1 N–H and O–H groups in total. The minimum absolute atomic E-state index is 0.0819. The summed E-state index contributed by atoms with van der Waals surface area (Å²) in [6, 6.07) is 4.09. The van der Waals surface area contributed by atoms with Crippen LogP contribution in [-0.2, 0) is 0 Å². The molecule has 0 spiro atoms. The Hall–Kier alpha value is -2.08. The Kier molecular flexibility index (Phi) is 4.08. The molecule has 2 aromatic heterocycles. The molecule has 2 aromatic rings. The van der Waals surface area contributed by atoms with E-state index in [2.05, 4.69) is 20.1 Å². The Morgan fingerprint density at radius 1 is 1.12 bits per heavy atom. The van der Waals surface area contributed by atoms with E-state index in [0.717, 1.165) is 36.5 Å². The second-order valence-corrected chi connectivity index (χ2v) is 7.96. The van der Waals surface area contributed by atoms with E-state index >= 15 is 0 Å². The first-order valence-electron chi connectivity index (χ1n) is 9.94. The molecule has 0 aliphatic carbocycles. The van der Waals surface area contributed by atoms with Crippen molar-refractivity contribution in [1.29, 1.82) is 0 Å². The molecule has 6 rings (SSSR count). The molecule has 6 heterocycles. The Labute approximate surface area is 153 Å². The van der Waals surface area contributed by atoms with Gasteiger partial charge in [-0.25, -0.2) is 0 Å². The molecule has 26 heavy (non-hydrogen) atoms. The fourth-order valence-electron chi connectivity index (χ4n) is 4.68. The third kappa shape index (κ3) is 2.96. The molecule has 6 nitrogen and oxygen atoms in total. The summed E-state index contributed by atoms with van der Waals surface area (Å²) in [6.45, 7) is 5.40. The average molecular weight is 354 g/mol. The number of rotatable bonds is 3. The SMILES string of the molecule is O=C(N[C@H]1CN2CCC1CC2)c1cc2oc(N3CCCCC3)cc2cn1. The predicted octanol–water partition coefficient (Wildman–Crippen LogP) is 2.64. The van der Waals surface area contributed by atoms with Crippen LogP contribution >= 0.6 is 0 Å². The first-order chi connectivity index (χ1) is 12.8. The smallest absolute Gasteiger partial charge is 0.270 e. The van der Waals surface area contributed by atoms with E-state index in [-0.39, 0.29) is 11.9 Å². The van der Waals surface area contributed by atoms with Gasteiger partial charge in [0.1, 0.15) is 11.3 Å². The minimum atomic E-state index is -0.0819. The summed E-state index contributed by atoms with van der Waals surface area (Å²) in [5, 5.41) is 4.17. The summed E-state index contributed by atoms with van der Waals surface area (Å²) >= 11 is 0. The van der Waals surface area contributed by atoms with Crippen molar-refractivity contribution in [3.63, 3.8) is 0 Å². The van der Waals surface area contributed by atoms with Crippen molar-refractivity contribution in [1.82, 2.24) is 15.2 Å². The number of nitrogens with zero attached hydrogens (tertiary/aromatic N) is 3. The molecule has 4 saturated heterocycles. The molecular formula is C20H26N4O2. The molecular weight excluding hydrogens is 328 g/mol. The van der Waals surface area contributed by atoms with E-state index in [9.17, 15) is 4.79 Å². The summed E-state index contributed by atoms with van der Waals surface area (Å²) < 4.78 is 6.04. The fraction of sp³-hybridized carbons (Fsp3) is 0.600. The number of aromatic nitrogens is 1. The number of pyridine rings is 1. The molecule has 0 aromatic carbocycles. The highest BCUT2D eigenvalue weighted by Gasteiger charge is 2.35. The number of nitrogens with one attached hydrogen (secondary N) is 1. The van der Waals surface area contributed by atoms with Gasteiger partial charge in [-0.05, 0) is 51.1 Å². The van der Waals surface area contributed by atoms with Gasteiger partial charge in [-0.1, -0.05) is 0 Å². The number of carbonyl (C=O) groups excluding carboxylic acids is 1. The lowest BCUT2D eigenvalue weighted by atomic mass is 9.84. The zero-order valence-electron chi connectivity index (χ0n) is 15.1. The van der Waals surface area contributed by atoms with Crippen molar-refractivity contribution in [2.75, 3.05) is 37.6 Å². The quantitative estimate of drug-likeness (QED) is 0.918. The normalized spacial score (nSPS) is 28.5. The van der Waals surface area contributed by atoms with Crippen LogP contribution in [0.25, 0.3) is 11.0 Å². The molecule has 1 amide bonds. The fourth-order valence-corrected chi connectivity index (χ4v) is 4.68. The van der Waals surface area contributed by atoms with E-state index in [4.69, 9.17) is 4.42 Å². The lowest BCUT2D eigenvalue weighted by Gasteiger charge is -2.44. The van der Waals surface area contributed by atoms with E-state index in [0.29, 0.717) is 11.6 Å². The minimum Gasteiger partial charge on any atom is -0.440 e. The Bertz CT molecular complexity index is 803. The van der Waals surface area contributed by atoms with Crippen LogP contribution in [0.15, 0.2) is 22.7 Å². The molecule has 0 saturated carbocycles. The summed E-state index contributed by atoms with van der Waals surface area (Å²) in [5.74, 6) is 1.43. The van der Waals surface area contributed by atoms with Crippen LogP contribution in [0, 0.1) is 5.92 Å². The van der Waals surface area contributed by atoms with Gasteiger partial charge >= 0.3 is 0 Å². The molecule has 2 bridgehead atoms. The van der Waals surface area contributed by atoms with Crippen molar-refractivity contribution in [2.45, 2.75) is 38.1 Å². The summed E-state index contributed by atoms with van der Waals surface area (Å²) in [5.41, 5.74) is 1.20. The van der Waals surface area contributed by atoms with Crippen LogP contribution in [0.3, 0.4) is 0 Å². The van der Waals surface area contributed by atoms with E-state index in [1.165, 1.54) is 45.2 Å². The van der Waals surface area contributed by atoms with Gasteiger partial charge in [-0.15, -0.1) is 0 Å². The molecule has 4 fully saturated rings. The number of fused-ring (bicyclic) bond motifs is 4. The van der Waals surface area contributed by atoms with Gasteiger partial charge in [0.05, 0.1) is 0 Å². The van der Waals surface area contributed by atoms with Gasteiger partial charge < -0.3 is 19.5 Å². The van der Waals surface area contributed by atoms with Crippen LogP contribution in [0.2, 0.25) is 0 Å².